The summed E-state index contributed by atoms with van der Waals surface area (Å²) in [4.78, 5) is 35.1. The fourth-order valence-corrected chi connectivity index (χ4v) is 2.98. The van der Waals surface area contributed by atoms with Crippen molar-refractivity contribution in [2.45, 2.75) is 6.92 Å². The number of aryl methyl sites for hydroxylation is 1. The lowest BCUT2D eigenvalue weighted by molar-refractivity contribution is -0.385. The molecular formula is C19H14N2O5S. The number of nitrogens with zero attached hydrogens (tertiary/aromatic N) is 1. The van der Waals surface area contributed by atoms with Crippen LogP contribution in [0.2, 0.25) is 0 Å². The first kappa shape index (κ1) is 18.3. The van der Waals surface area contributed by atoms with E-state index in [1.54, 1.807) is 43.3 Å². The fraction of sp³-hybridized carbons (Fsp3) is 0.0526. The molecule has 1 N–H and O–H groups in total. The average Bonchev–Trinajstić information content (AvgIpc) is 3.17. The van der Waals surface area contributed by atoms with E-state index in [2.05, 4.69) is 5.32 Å². The number of carbonyl (C=O) groups is 2. The van der Waals surface area contributed by atoms with Gasteiger partial charge in [0.1, 0.15) is 5.75 Å². The maximum absolute atomic E-state index is 12.2. The number of hydrogen-bond acceptors (Lipinski definition) is 6. The quantitative estimate of drug-likeness (QED) is 0.304. The van der Waals surface area contributed by atoms with Crippen LogP contribution in [0.3, 0.4) is 0 Å². The molecule has 1 heterocycles. The van der Waals surface area contributed by atoms with Gasteiger partial charge in [0.05, 0.1) is 15.4 Å². The molecule has 0 saturated carbocycles. The largest absolute Gasteiger partial charge is 0.423 e. The van der Waals surface area contributed by atoms with Crippen LogP contribution in [-0.4, -0.2) is 16.8 Å². The number of hydrogen-bond donors (Lipinski definition) is 1. The van der Waals surface area contributed by atoms with Crippen LogP contribution in [0.5, 0.6) is 5.75 Å². The minimum Gasteiger partial charge on any atom is -0.423 e. The van der Waals surface area contributed by atoms with Crippen molar-refractivity contribution in [3.05, 3.63) is 86.1 Å². The Morgan fingerprint density at radius 1 is 1.11 bits per heavy atom. The number of nitrogens with one attached hydrogen (secondary N) is 1. The van der Waals surface area contributed by atoms with E-state index in [0.717, 1.165) is 0 Å². The number of benzene rings is 2. The third-order valence-corrected chi connectivity index (χ3v) is 4.57. The number of nitro benzene ring substituents is 1. The van der Waals surface area contributed by atoms with Gasteiger partial charge in [-0.3, -0.25) is 14.9 Å². The van der Waals surface area contributed by atoms with Gasteiger partial charge in [-0.1, -0.05) is 6.07 Å². The van der Waals surface area contributed by atoms with Crippen molar-refractivity contribution in [1.82, 2.24) is 0 Å². The SMILES string of the molecule is Cc1cc(C(=O)Oc2ccc(NC(=O)c3cccs3)cc2)ccc1[N+](=O)[O-]. The van der Waals surface area contributed by atoms with Crippen molar-refractivity contribution >= 4 is 34.6 Å². The van der Waals surface area contributed by atoms with E-state index in [4.69, 9.17) is 4.74 Å². The van der Waals surface area contributed by atoms with Crippen LogP contribution in [0, 0.1) is 17.0 Å². The normalized spacial score (nSPS) is 10.3. The molecule has 3 rings (SSSR count). The average molecular weight is 382 g/mol. The number of amides is 1. The van der Waals surface area contributed by atoms with Crippen LogP contribution in [0.25, 0.3) is 0 Å². The number of carbonyl (C=O) groups excluding carboxylic acids is 2. The number of thiophene rings is 1. The summed E-state index contributed by atoms with van der Waals surface area (Å²) < 4.78 is 5.27. The predicted octanol–water partition coefficient (Wildman–Crippen LogP) is 4.44. The van der Waals surface area contributed by atoms with Gasteiger partial charge in [0.25, 0.3) is 11.6 Å². The summed E-state index contributed by atoms with van der Waals surface area (Å²) in [6, 6.07) is 13.9. The summed E-state index contributed by atoms with van der Waals surface area (Å²) in [5.74, 6) is -0.537. The maximum Gasteiger partial charge on any atom is 0.343 e. The zero-order valence-corrected chi connectivity index (χ0v) is 15.0. The topological polar surface area (TPSA) is 98.5 Å². The summed E-state index contributed by atoms with van der Waals surface area (Å²) in [5, 5.41) is 15.4. The Balaban J connectivity index is 1.65. The molecule has 3 aromatic rings. The first-order valence-corrected chi connectivity index (χ1v) is 8.74. The molecule has 0 aliphatic carbocycles. The summed E-state index contributed by atoms with van der Waals surface area (Å²) in [7, 11) is 0. The molecule has 1 aromatic heterocycles. The van der Waals surface area contributed by atoms with E-state index < -0.39 is 10.9 Å². The Hall–Kier alpha value is -3.52. The van der Waals surface area contributed by atoms with Gasteiger partial charge in [-0.2, -0.15) is 0 Å². The van der Waals surface area contributed by atoms with E-state index in [1.165, 1.54) is 29.5 Å². The van der Waals surface area contributed by atoms with E-state index in [0.29, 0.717) is 21.9 Å². The highest BCUT2D eigenvalue weighted by Gasteiger charge is 2.15. The number of rotatable bonds is 5. The third kappa shape index (κ3) is 4.36. The molecule has 0 fully saturated rings. The zero-order valence-electron chi connectivity index (χ0n) is 14.2. The molecule has 1 amide bonds. The number of nitro groups is 1. The Kier molecular flexibility index (Phi) is 5.28. The van der Waals surface area contributed by atoms with E-state index in [9.17, 15) is 19.7 Å². The standard InChI is InChI=1S/C19H14N2O5S/c1-12-11-13(4-9-16(12)21(24)25)19(23)26-15-7-5-14(6-8-15)20-18(22)17-3-2-10-27-17/h2-11H,1H3,(H,20,22). The summed E-state index contributed by atoms with van der Waals surface area (Å²) in [5.41, 5.74) is 1.10. The Labute approximate surface area is 158 Å². The second kappa shape index (κ2) is 7.79. The molecule has 8 heteroatoms. The molecule has 2 aromatic carbocycles. The Morgan fingerprint density at radius 3 is 2.44 bits per heavy atom. The highest BCUT2D eigenvalue weighted by atomic mass is 32.1. The lowest BCUT2D eigenvalue weighted by atomic mass is 10.1. The van der Waals surface area contributed by atoms with Gasteiger partial charge in [0.15, 0.2) is 0 Å². The van der Waals surface area contributed by atoms with Crippen molar-refractivity contribution < 1.29 is 19.2 Å². The molecule has 0 unspecified atom stereocenters. The Morgan fingerprint density at radius 2 is 1.85 bits per heavy atom. The highest BCUT2D eigenvalue weighted by molar-refractivity contribution is 7.12. The van der Waals surface area contributed by atoms with Crippen molar-refractivity contribution in [3.63, 3.8) is 0 Å². The molecule has 0 radical (unpaired) electrons. The second-order valence-corrected chi connectivity index (χ2v) is 6.55. The van der Waals surface area contributed by atoms with Crippen LogP contribution >= 0.6 is 11.3 Å². The first-order chi connectivity index (χ1) is 12.9. The lowest BCUT2D eigenvalue weighted by Gasteiger charge is -2.07. The molecule has 7 nitrogen and oxygen atoms in total. The lowest BCUT2D eigenvalue weighted by Crippen LogP contribution is -2.11. The van der Waals surface area contributed by atoms with Gasteiger partial charge < -0.3 is 10.1 Å². The Bertz CT molecular complexity index is 997. The van der Waals surface area contributed by atoms with Crippen LogP contribution in [0.1, 0.15) is 25.6 Å². The van der Waals surface area contributed by atoms with Gasteiger partial charge in [-0.05, 0) is 54.8 Å². The summed E-state index contributed by atoms with van der Waals surface area (Å²) in [6.45, 7) is 1.56. The predicted molar refractivity (Wildman–Crippen MR) is 102 cm³/mol. The molecule has 0 atom stereocenters. The second-order valence-electron chi connectivity index (χ2n) is 5.60. The molecule has 0 saturated heterocycles. The summed E-state index contributed by atoms with van der Waals surface area (Å²) in [6.07, 6.45) is 0. The smallest absolute Gasteiger partial charge is 0.343 e. The fourth-order valence-electron chi connectivity index (χ4n) is 2.36. The molecule has 136 valence electrons. The van der Waals surface area contributed by atoms with Crippen LogP contribution in [0.4, 0.5) is 11.4 Å². The van der Waals surface area contributed by atoms with Gasteiger partial charge in [-0.15, -0.1) is 11.3 Å². The first-order valence-electron chi connectivity index (χ1n) is 7.86. The number of anilines is 1. The molecule has 27 heavy (non-hydrogen) atoms. The van der Waals surface area contributed by atoms with Crippen molar-refractivity contribution in [2.24, 2.45) is 0 Å². The minimum atomic E-state index is -0.622. The van der Waals surface area contributed by atoms with Crippen molar-refractivity contribution in [3.8, 4) is 5.75 Å². The van der Waals surface area contributed by atoms with Crippen molar-refractivity contribution in [1.29, 1.82) is 0 Å². The third-order valence-electron chi connectivity index (χ3n) is 3.70. The van der Waals surface area contributed by atoms with Crippen LogP contribution in [-0.2, 0) is 0 Å². The van der Waals surface area contributed by atoms with Crippen molar-refractivity contribution in [2.75, 3.05) is 5.32 Å². The van der Waals surface area contributed by atoms with Gasteiger partial charge in [0, 0.05) is 17.3 Å². The van der Waals surface area contributed by atoms with E-state index in [1.807, 2.05) is 5.38 Å². The minimum absolute atomic E-state index is 0.0580. The number of esters is 1. The number of ether oxygens (including phenoxy) is 1. The molecule has 0 aliphatic rings. The molecule has 0 bridgehead atoms. The van der Waals surface area contributed by atoms with Gasteiger partial charge in [0.2, 0.25) is 0 Å². The van der Waals surface area contributed by atoms with Gasteiger partial charge in [-0.25, -0.2) is 4.79 Å². The highest BCUT2D eigenvalue weighted by Crippen LogP contribution is 2.22. The van der Waals surface area contributed by atoms with Crippen LogP contribution < -0.4 is 10.1 Å². The molecule has 0 spiro atoms. The zero-order chi connectivity index (χ0) is 19.4. The van der Waals surface area contributed by atoms with Crippen LogP contribution in [0.15, 0.2) is 60.0 Å². The molecule has 0 aliphatic heterocycles. The maximum atomic E-state index is 12.2. The van der Waals surface area contributed by atoms with E-state index >= 15 is 0 Å². The monoisotopic (exact) mass is 382 g/mol. The molecular weight excluding hydrogens is 368 g/mol. The van der Waals surface area contributed by atoms with E-state index in [-0.39, 0.29) is 17.2 Å². The summed E-state index contributed by atoms with van der Waals surface area (Å²) >= 11 is 1.34. The van der Waals surface area contributed by atoms with Gasteiger partial charge >= 0.3 is 5.97 Å².